The third kappa shape index (κ3) is 3.90. The van der Waals surface area contributed by atoms with E-state index in [1.54, 1.807) is 0 Å². The Morgan fingerprint density at radius 2 is 1.27 bits per heavy atom. The van der Waals surface area contributed by atoms with E-state index < -0.39 is 11.8 Å². The SMILES string of the molecule is O=C(N[C@H]1CCCC[C@@H]1NC(=O)c1ncccc1O)c1ncccc1O. The summed E-state index contributed by atoms with van der Waals surface area (Å²) in [5.41, 5.74) is -0.101. The average molecular weight is 356 g/mol. The first-order valence-corrected chi connectivity index (χ1v) is 8.46. The predicted octanol–water partition coefficient (Wildman–Crippen LogP) is 1.36. The summed E-state index contributed by atoms with van der Waals surface area (Å²) in [6.45, 7) is 0. The first-order chi connectivity index (χ1) is 12.6. The largest absolute Gasteiger partial charge is 0.505 e. The molecule has 0 aromatic carbocycles. The predicted molar refractivity (Wildman–Crippen MR) is 92.8 cm³/mol. The monoisotopic (exact) mass is 356 g/mol. The highest BCUT2D eigenvalue weighted by atomic mass is 16.3. The maximum absolute atomic E-state index is 12.4. The molecule has 4 N–H and O–H groups in total. The van der Waals surface area contributed by atoms with Crippen molar-refractivity contribution in [2.75, 3.05) is 0 Å². The lowest BCUT2D eigenvalue weighted by Crippen LogP contribution is -2.53. The van der Waals surface area contributed by atoms with Gasteiger partial charge < -0.3 is 20.8 Å². The number of nitrogens with zero attached hydrogens (tertiary/aromatic N) is 2. The van der Waals surface area contributed by atoms with Crippen LogP contribution in [0, 0.1) is 0 Å². The standard InChI is InChI=1S/C18H20N4O4/c23-13-7-3-9-19-15(13)17(25)21-11-5-1-2-6-12(11)22-18(26)16-14(24)8-4-10-20-16/h3-4,7-12,23-24H,1-2,5-6H2,(H,21,25)(H,22,26)/t11-,12-/m0/s1. The molecule has 2 heterocycles. The normalized spacial score (nSPS) is 19.5. The van der Waals surface area contributed by atoms with Gasteiger partial charge in [-0.3, -0.25) is 9.59 Å². The van der Waals surface area contributed by atoms with E-state index in [9.17, 15) is 19.8 Å². The van der Waals surface area contributed by atoms with Crippen LogP contribution in [0.15, 0.2) is 36.7 Å². The minimum atomic E-state index is -0.491. The topological polar surface area (TPSA) is 124 Å². The van der Waals surface area contributed by atoms with E-state index in [1.807, 2.05) is 0 Å². The lowest BCUT2D eigenvalue weighted by atomic mass is 9.90. The Kier molecular flexibility index (Phi) is 5.31. The molecule has 1 fully saturated rings. The summed E-state index contributed by atoms with van der Waals surface area (Å²) in [6, 6.07) is 5.27. The van der Waals surface area contributed by atoms with Gasteiger partial charge in [-0.05, 0) is 37.1 Å². The maximum Gasteiger partial charge on any atom is 0.274 e. The quantitative estimate of drug-likeness (QED) is 0.656. The number of rotatable bonds is 4. The molecule has 3 rings (SSSR count). The molecule has 8 nitrogen and oxygen atoms in total. The van der Waals surface area contributed by atoms with Crippen molar-refractivity contribution in [3.05, 3.63) is 48.0 Å². The van der Waals surface area contributed by atoms with Crippen molar-refractivity contribution in [1.82, 2.24) is 20.6 Å². The van der Waals surface area contributed by atoms with Crippen molar-refractivity contribution in [3.63, 3.8) is 0 Å². The molecule has 0 unspecified atom stereocenters. The Labute approximate surface area is 150 Å². The molecule has 136 valence electrons. The van der Waals surface area contributed by atoms with E-state index in [1.165, 1.54) is 36.7 Å². The van der Waals surface area contributed by atoms with Crippen molar-refractivity contribution < 1.29 is 19.8 Å². The number of pyridine rings is 2. The summed E-state index contributed by atoms with van der Waals surface area (Å²) in [5, 5.41) is 25.2. The number of carbonyl (C=O) groups is 2. The van der Waals surface area contributed by atoms with Gasteiger partial charge in [0.15, 0.2) is 11.4 Å². The van der Waals surface area contributed by atoms with E-state index in [4.69, 9.17) is 0 Å². The molecule has 1 aliphatic carbocycles. The van der Waals surface area contributed by atoms with E-state index in [0.717, 1.165) is 12.8 Å². The van der Waals surface area contributed by atoms with Gasteiger partial charge >= 0.3 is 0 Å². The van der Waals surface area contributed by atoms with Crippen LogP contribution < -0.4 is 10.6 Å². The van der Waals surface area contributed by atoms with Gasteiger partial charge in [0.05, 0.1) is 0 Å². The van der Waals surface area contributed by atoms with Crippen LogP contribution in [0.2, 0.25) is 0 Å². The smallest absolute Gasteiger partial charge is 0.274 e. The fourth-order valence-corrected chi connectivity index (χ4v) is 3.09. The van der Waals surface area contributed by atoms with E-state index >= 15 is 0 Å². The maximum atomic E-state index is 12.4. The summed E-state index contributed by atoms with van der Waals surface area (Å²) in [5.74, 6) is -1.37. The van der Waals surface area contributed by atoms with Gasteiger partial charge in [0.2, 0.25) is 0 Å². The third-order valence-electron chi connectivity index (χ3n) is 4.40. The summed E-state index contributed by atoms with van der Waals surface area (Å²) in [4.78, 5) is 32.6. The van der Waals surface area contributed by atoms with Crippen LogP contribution in [0.4, 0.5) is 0 Å². The first kappa shape index (κ1) is 17.7. The average Bonchev–Trinajstić information content (AvgIpc) is 2.64. The summed E-state index contributed by atoms with van der Waals surface area (Å²) in [6.07, 6.45) is 6.08. The Morgan fingerprint density at radius 1 is 0.846 bits per heavy atom. The van der Waals surface area contributed by atoms with Crippen molar-refractivity contribution in [2.24, 2.45) is 0 Å². The van der Waals surface area contributed by atoms with Crippen LogP contribution in [0.1, 0.15) is 46.7 Å². The number of nitrogens with one attached hydrogen (secondary N) is 2. The minimum Gasteiger partial charge on any atom is -0.505 e. The fourth-order valence-electron chi connectivity index (χ4n) is 3.09. The molecule has 26 heavy (non-hydrogen) atoms. The highest BCUT2D eigenvalue weighted by Crippen LogP contribution is 2.21. The summed E-state index contributed by atoms with van der Waals surface area (Å²) < 4.78 is 0. The number of hydrogen-bond acceptors (Lipinski definition) is 6. The van der Waals surface area contributed by atoms with Gasteiger partial charge in [0.25, 0.3) is 11.8 Å². The zero-order valence-electron chi connectivity index (χ0n) is 14.1. The lowest BCUT2D eigenvalue weighted by molar-refractivity contribution is 0.0854. The highest BCUT2D eigenvalue weighted by Gasteiger charge is 2.30. The number of hydrogen-bond donors (Lipinski definition) is 4. The van der Waals surface area contributed by atoms with E-state index in [-0.39, 0.29) is 35.0 Å². The Hall–Kier alpha value is -3.16. The van der Waals surface area contributed by atoms with Crippen LogP contribution in [0.25, 0.3) is 0 Å². The number of aromatic nitrogens is 2. The second kappa shape index (κ2) is 7.81. The number of carbonyl (C=O) groups excluding carboxylic acids is 2. The molecule has 0 bridgehead atoms. The van der Waals surface area contributed by atoms with Crippen molar-refractivity contribution in [2.45, 2.75) is 37.8 Å². The summed E-state index contributed by atoms with van der Waals surface area (Å²) in [7, 11) is 0. The molecule has 2 atom stereocenters. The highest BCUT2D eigenvalue weighted by molar-refractivity contribution is 5.96. The van der Waals surface area contributed by atoms with Gasteiger partial charge in [0.1, 0.15) is 11.5 Å². The molecule has 1 aliphatic rings. The van der Waals surface area contributed by atoms with Gasteiger partial charge in [-0.2, -0.15) is 0 Å². The van der Waals surface area contributed by atoms with Gasteiger partial charge in [0, 0.05) is 24.5 Å². The Balaban J connectivity index is 1.70. The molecular formula is C18H20N4O4. The zero-order chi connectivity index (χ0) is 18.5. The molecule has 0 saturated heterocycles. The second-order valence-corrected chi connectivity index (χ2v) is 6.19. The van der Waals surface area contributed by atoms with Gasteiger partial charge in [-0.1, -0.05) is 12.8 Å². The zero-order valence-corrected chi connectivity index (χ0v) is 14.1. The first-order valence-electron chi connectivity index (χ1n) is 8.46. The van der Waals surface area contributed by atoms with E-state index in [2.05, 4.69) is 20.6 Å². The molecule has 2 amide bonds. The molecule has 8 heteroatoms. The third-order valence-corrected chi connectivity index (χ3v) is 4.40. The lowest BCUT2D eigenvalue weighted by Gasteiger charge is -2.32. The van der Waals surface area contributed by atoms with Crippen LogP contribution >= 0.6 is 0 Å². The van der Waals surface area contributed by atoms with Crippen molar-refractivity contribution in [3.8, 4) is 11.5 Å². The molecule has 0 radical (unpaired) electrons. The van der Waals surface area contributed by atoms with Crippen LogP contribution in [0.3, 0.4) is 0 Å². The molecule has 0 spiro atoms. The molecular weight excluding hydrogens is 336 g/mol. The number of aromatic hydroxyl groups is 2. The number of amides is 2. The molecule has 2 aromatic rings. The molecule has 1 saturated carbocycles. The second-order valence-electron chi connectivity index (χ2n) is 6.19. The summed E-state index contributed by atoms with van der Waals surface area (Å²) >= 11 is 0. The Bertz CT molecular complexity index is 744. The molecule has 2 aromatic heterocycles. The van der Waals surface area contributed by atoms with Crippen LogP contribution in [0.5, 0.6) is 11.5 Å². The molecule has 0 aliphatic heterocycles. The van der Waals surface area contributed by atoms with Gasteiger partial charge in [-0.15, -0.1) is 0 Å². The van der Waals surface area contributed by atoms with Crippen LogP contribution in [-0.4, -0.2) is 44.1 Å². The van der Waals surface area contributed by atoms with Crippen molar-refractivity contribution in [1.29, 1.82) is 0 Å². The van der Waals surface area contributed by atoms with E-state index in [0.29, 0.717) is 12.8 Å². The minimum absolute atomic E-state index is 0.0504. The Morgan fingerprint density at radius 3 is 1.65 bits per heavy atom. The van der Waals surface area contributed by atoms with Crippen LogP contribution in [-0.2, 0) is 0 Å². The van der Waals surface area contributed by atoms with Gasteiger partial charge in [-0.25, -0.2) is 9.97 Å². The van der Waals surface area contributed by atoms with Crippen molar-refractivity contribution >= 4 is 11.8 Å². The fraction of sp³-hybridized carbons (Fsp3) is 0.333.